The molecular formula is C25H22N4O4. The zero-order chi connectivity index (χ0) is 23.4. The predicted molar refractivity (Wildman–Crippen MR) is 123 cm³/mol. The third-order valence-electron chi connectivity index (χ3n) is 5.14. The highest BCUT2D eigenvalue weighted by Gasteiger charge is 2.16. The van der Waals surface area contributed by atoms with Crippen molar-refractivity contribution in [1.29, 1.82) is 0 Å². The molecule has 8 heteroatoms. The number of hydrazine groups is 1. The Labute approximate surface area is 190 Å². The fourth-order valence-corrected chi connectivity index (χ4v) is 3.35. The molecule has 0 radical (unpaired) electrons. The van der Waals surface area contributed by atoms with Gasteiger partial charge >= 0.3 is 0 Å². The van der Waals surface area contributed by atoms with Crippen LogP contribution in [0.25, 0.3) is 22.2 Å². The monoisotopic (exact) mass is 442 g/mol. The second-order valence-electron chi connectivity index (χ2n) is 7.51. The Morgan fingerprint density at radius 2 is 1.64 bits per heavy atom. The summed E-state index contributed by atoms with van der Waals surface area (Å²) in [5.41, 5.74) is 8.76. The lowest BCUT2D eigenvalue weighted by Crippen LogP contribution is -2.46. The van der Waals surface area contributed by atoms with Gasteiger partial charge in [-0.2, -0.15) is 0 Å². The predicted octanol–water partition coefficient (Wildman–Crippen LogP) is 3.30. The fraction of sp³-hybridized carbons (Fsp3) is 0.120. The van der Waals surface area contributed by atoms with Gasteiger partial charge in [0.25, 0.3) is 17.7 Å². The maximum absolute atomic E-state index is 12.9. The summed E-state index contributed by atoms with van der Waals surface area (Å²) < 4.78 is 5.08. The van der Waals surface area contributed by atoms with Crippen molar-refractivity contribution in [1.82, 2.24) is 21.2 Å². The molecule has 4 rings (SSSR count). The molecule has 2 heterocycles. The van der Waals surface area contributed by atoms with Crippen molar-refractivity contribution in [2.24, 2.45) is 0 Å². The van der Waals surface area contributed by atoms with Crippen LogP contribution in [-0.4, -0.2) is 29.3 Å². The number of fused-ring (bicyclic) bond motifs is 1. The van der Waals surface area contributed by atoms with Crippen LogP contribution in [0.3, 0.4) is 0 Å². The van der Waals surface area contributed by atoms with Gasteiger partial charge in [-0.25, -0.2) is 4.98 Å². The van der Waals surface area contributed by atoms with Crippen LogP contribution in [0.1, 0.15) is 32.0 Å². The van der Waals surface area contributed by atoms with Crippen molar-refractivity contribution in [3.05, 3.63) is 89.4 Å². The summed E-state index contributed by atoms with van der Waals surface area (Å²) in [5.74, 6) is -1.05. The van der Waals surface area contributed by atoms with Gasteiger partial charge in [0.05, 0.1) is 35.1 Å². The zero-order valence-electron chi connectivity index (χ0n) is 18.1. The molecule has 33 heavy (non-hydrogen) atoms. The van der Waals surface area contributed by atoms with Crippen molar-refractivity contribution < 1.29 is 18.8 Å². The lowest BCUT2D eigenvalue weighted by Gasteiger charge is -2.12. The molecule has 0 bridgehead atoms. The number of nitrogens with zero attached hydrogens (tertiary/aromatic N) is 1. The molecule has 2 aromatic carbocycles. The van der Waals surface area contributed by atoms with Gasteiger partial charge in [-0.15, -0.1) is 0 Å². The van der Waals surface area contributed by atoms with E-state index in [2.05, 4.69) is 21.2 Å². The molecule has 3 amide bonds. The smallest absolute Gasteiger partial charge is 0.270 e. The number of carbonyl (C=O) groups excluding carboxylic acids is 3. The Morgan fingerprint density at radius 3 is 2.36 bits per heavy atom. The molecule has 0 saturated heterocycles. The van der Waals surface area contributed by atoms with Gasteiger partial charge in [0.15, 0.2) is 0 Å². The number of nitrogens with one attached hydrogen (secondary N) is 3. The molecule has 0 aliphatic carbocycles. The third-order valence-corrected chi connectivity index (χ3v) is 5.14. The maximum atomic E-state index is 12.9. The van der Waals surface area contributed by atoms with Crippen LogP contribution in [0.5, 0.6) is 0 Å². The number of pyridine rings is 1. The molecule has 0 unspecified atom stereocenters. The molecular weight excluding hydrogens is 420 g/mol. The number of carbonyl (C=O) groups is 3. The quantitative estimate of drug-likeness (QED) is 0.411. The van der Waals surface area contributed by atoms with Gasteiger partial charge in [0, 0.05) is 10.9 Å². The minimum Gasteiger partial charge on any atom is -0.469 e. The number of aryl methyl sites for hydroxylation is 2. The number of aromatic nitrogens is 1. The third kappa shape index (κ3) is 4.90. The molecule has 2 aromatic heterocycles. The van der Waals surface area contributed by atoms with E-state index in [9.17, 15) is 14.4 Å². The average Bonchev–Trinajstić information content (AvgIpc) is 3.26. The molecule has 8 nitrogen and oxygen atoms in total. The topological polar surface area (TPSA) is 113 Å². The van der Waals surface area contributed by atoms with E-state index in [0.29, 0.717) is 33.5 Å². The van der Waals surface area contributed by atoms with Crippen LogP contribution in [0.2, 0.25) is 0 Å². The Morgan fingerprint density at radius 1 is 0.879 bits per heavy atom. The van der Waals surface area contributed by atoms with E-state index in [1.165, 1.54) is 12.3 Å². The number of hydrogen-bond donors (Lipinski definition) is 3. The lowest BCUT2D eigenvalue weighted by molar-refractivity contribution is -0.120. The Kier molecular flexibility index (Phi) is 6.17. The first kappa shape index (κ1) is 21.8. The van der Waals surface area contributed by atoms with E-state index in [0.717, 1.165) is 11.1 Å². The Balaban J connectivity index is 1.47. The van der Waals surface area contributed by atoms with Crippen molar-refractivity contribution >= 4 is 28.6 Å². The second-order valence-corrected chi connectivity index (χ2v) is 7.51. The largest absolute Gasteiger partial charge is 0.469 e. The van der Waals surface area contributed by atoms with Crippen LogP contribution in [0, 0.1) is 13.8 Å². The highest BCUT2D eigenvalue weighted by Crippen LogP contribution is 2.25. The summed E-state index contributed by atoms with van der Waals surface area (Å²) in [5, 5.41) is 3.14. The van der Waals surface area contributed by atoms with E-state index in [1.54, 1.807) is 19.1 Å². The van der Waals surface area contributed by atoms with Crippen molar-refractivity contribution in [2.75, 3.05) is 6.54 Å². The SMILES string of the molecule is Cc1ccc(-c2cc(C(=O)NNC(=O)CNC(=O)c3ccoc3C)c3ccccc3n2)cc1. The molecule has 4 aromatic rings. The average molecular weight is 442 g/mol. The molecule has 3 N–H and O–H groups in total. The van der Waals surface area contributed by atoms with Crippen molar-refractivity contribution in [3.8, 4) is 11.3 Å². The number of rotatable bonds is 5. The van der Waals surface area contributed by atoms with Crippen LogP contribution < -0.4 is 16.2 Å². The Bertz CT molecular complexity index is 1340. The standard InChI is InChI=1S/C25H22N4O4/c1-15-7-9-17(10-8-15)22-13-20(19-5-3-4-6-21(19)27-22)25(32)29-28-23(30)14-26-24(31)18-11-12-33-16(18)2/h3-13H,14H2,1-2H3,(H,26,31)(H,28,30)(H,29,32). The summed E-state index contributed by atoms with van der Waals surface area (Å²) >= 11 is 0. The summed E-state index contributed by atoms with van der Waals surface area (Å²) in [4.78, 5) is 41.8. The molecule has 166 valence electrons. The van der Waals surface area contributed by atoms with Gasteiger partial charge in [0.2, 0.25) is 0 Å². The first-order chi connectivity index (χ1) is 15.9. The van der Waals surface area contributed by atoms with Crippen LogP contribution in [0.15, 0.2) is 71.3 Å². The highest BCUT2D eigenvalue weighted by atomic mass is 16.3. The number of para-hydroxylation sites is 1. The van der Waals surface area contributed by atoms with E-state index in [4.69, 9.17) is 4.42 Å². The summed E-state index contributed by atoms with van der Waals surface area (Å²) in [7, 11) is 0. The normalized spacial score (nSPS) is 10.6. The fourth-order valence-electron chi connectivity index (χ4n) is 3.35. The van der Waals surface area contributed by atoms with E-state index in [1.807, 2.05) is 49.4 Å². The zero-order valence-corrected chi connectivity index (χ0v) is 18.1. The van der Waals surface area contributed by atoms with Gasteiger partial charge in [0.1, 0.15) is 5.76 Å². The molecule has 0 aliphatic rings. The Hall–Kier alpha value is -4.46. The first-order valence-electron chi connectivity index (χ1n) is 10.3. The number of benzene rings is 2. The number of amides is 3. The van der Waals surface area contributed by atoms with Crippen molar-refractivity contribution in [3.63, 3.8) is 0 Å². The molecule has 0 aliphatic heterocycles. The summed E-state index contributed by atoms with van der Waals surface area (Å²) in [6.45, 7) is 3.34. The summed E-state index contributed by atoms with van der Waals surface area (Å²) in [6, 6.07) is 18.3. The van der Waals surface area contributed by atoms with Gasteiger partial charge in [-0.3, -0.25) is 25.2 Å². The minimum atomic E-state index is -0.574. The van der Waals surface area contributed by atoms with Crippen LogP contribution in [0.4, 0.5) is 0 Å². The summed E-state index contributed by atoms with van der Waals surface area (Å²) in [6.07, 6.45) is 1.40. The second kappa shape index (κ2) is 9.35. The number of furan rings is 1. The van der Waals surface area contributed by atoms with E-state index < -0.39 is 17.7 Å². The lowest BCUT2D eigenvalue weighted by atomic mass is 10.0. The van der Waals surface area contributed by atoms with Crippen LogP contribution in [-0.2, 0) is 4.79 Å². The van der Waals surface area contributed by atoms with Crippen molar-refractivity contribution in [2.45, 2.75) is 13.8 Å². The number of hydrogen-bond acceptors (Lipinski definition) is 5. The minimum absolute atomic E-state index is 0.310. The molecule has 0 spiro atoms. The van der Waals surface area contributed by atoms with Gasteiger partial charge in [-0.1, -0.05) is 48.0 Å². The highest BCUT2D eigenvalue weighted by molar-refractivity contribution is 6.07. The van der Waals surface area contributed by atoms with Gasteiger partial charge < -0.3 is 9.73 Å². The van der Waals surface area contributed by atoms with E-state index >= 15 is 0 Å². The molecule has 0 atom stereocenters. The van der Waals surface area contributed by atoms with E-state index in [-0.39, 0.29) is 6.54 Å². The van der Waals surface area contributed by atoms with Gasteiger partial charge in [-0.05, 0) is 32.0 Å². The molecule has 0 saturated carbocycles. The molecule has 0 fully saturated rings. The van der Waals surface area contributed by atoms with Crippen LogP contribution >= 0.6 is 0 Å². The first-order valence-corrected chi connectivity index (χ1v) is 10.3. The maximum Gasteiger partial charge on any atom is 0.270 e.